The van der Waals surface area contributed by atoms with Gasteiger partial charge in [0, 0.05) is 12.3 Å². The number of halogens is 1. The van der Waals surface area contributed by atoms with Crippen LogP contribution in [0.5, 0.6) is 5.75 Å². The first-order valence-corrected chi connectivity index (χ1v) is 7.99. The fourth-order valence-corrected chi connectivity index (χ4v) is 2.75. The number of H-pyrrole nitrogens is 1. The summed E-state index contributed by atoms with van der Waals surface area (Å²) < 4.78 is 32.0. The Labute approximate surface area is 147 Å². The second-order valence-electron chi connectivity index (χ2n) is 6.09. The molecule has 1 aliphatic rings. The van der Waals surface area contributed by atoms with E-state index in [1.807, 2.05) is 11.1 Å². The van der Waals surface area contributed by atoms with E-state index in [9.17, 15) is 19.1 Å². The summed E-state index contributed by atoms with van der Waals surface area (Å²) >= 11 is 0. The molecule has 8 nitrogen and oxygen atoms in total. The molecular weight excluding hydrogens is 347 g/mol. The van der Waals surface area contributed by atoms with Crippen LogP contribution < -0.4 is 16.0 Å². The Kier molecular flexibility index (Phi) is 5.21. The van der Waals surface area contributed by atoms with Crippen molar-refractivity contribution in [1.29, 1.82) is 0 Å². The lowest BCUT2D eigenvalue weighted by Crippen LogP contribution is -2.43. The highest BCUT2D eigenvalue weighted by atomic mass is 19.1. The first-order valence-electron chi connectivity index (χ1n) is 7.99. The van der Waals surface area contributed by atoms with Gasteiger partial charge in [-0.15, -0.1) is 0 Å². The van der Waals surface area contributed by atoms with Gasteiger partial charge >= 0.3 is 5.69 Å². The predicted octanol–water partition coefficient (Wildman–Crippen LogP) is 0.576. The molecule has 9 heteroatoms. The Balaban J connectivity index is 1.63. The zero-order chi connectivity index (χ0) is 18.7. The number of rotatable bonds is 6. The van der Waals surface area contributed by atoms with Crippen molar-refractivity contribution in [3.05, 3.63) is 63.4 Å². The molecule has 4 atom stereocenters. The predicted molar refractivity (Wildman–Crippen MR) is 88.6 cm³/mol. The molecule has 140 valence electrons. The second-order valence-corrected chi connectivity index (χ2v) is 6.09. The van der Waals surface area contributed by atoms with Crippen LogP contribution in [0.4, 0.5) is 4.39 Å². The van der Waals surface area contributed by atoms with Crippen LogP contribution in [-0.4, -0.2) is 45.9 Å². The summed E-state index contributed by atoms with van der Waals surface area (Å²) in [5.74, 6) is 0.605. The van der Waals surface area contributed by atoms with E-state index in [-0.39, 0.29) is 13.4 Å². The zero-order valence-electron chi connectivity index (χ0n) is 14.0. The fourth-order valence-electron chi connectivity index (χ4n) is 2.75. The SMILES string of the molecule is C[C@@]1(F)[C@H](O)[C@@H](COCOc2ccccc2)O[C@H]1n1ccc(=O)[nH]c1=O. The van der Waals surface area contributed by atoms with Crippen molar-refractivity contribution in [3.63, 3.8) is 0 Å². The molecule has 1 saturated heterocycles. The number of para-hydroxylation sites is 1. The van der Waals surface area contributed by atoms with Crippen LogP contribution >= 0.6 is 0 Å². The summed E-state index contributed by atoms with van der Waals surface area (Å²) in [6, 6.07) is 10.0. The fraction of sp³-hybridized carbons (Fsp3) is 0.412. The standard InChI is InChI=1S/C17H19FN2O6/c1-17(18)14(22)12(9-24-10-25-11-5-3-2-4-6-11)26-15(17)20-8-7-13(21)19-16(20)23/h2-8,12,14-15,22H,9-10H2,1H3,(H,19,21,23)/t12-,14-,15-,17-/m1/s1. The van der Waals surface area contributed by atoms with Gasteiger partial charge in [0.2, 0.25) is 0 Å². The molecule has 0 amide bonds. The van der Waals surface area contributed by atoms with E-state index < -0.39 is 35.4 Å². The molecule has 0 aliphatic carbocycles. The van der Waals surface area contributed by atoms with Gasteiger partial charge < -0.3 is 19.3 Å². The molecule has 26 heavy (non-hydrogen) atoms. The summed E-state index contributed by atoms with van der Waals surface area (Å²) in [4.78, 5) is 25.1. The maximum atomic E-state index is 14.9. The maximum Gasteiger partial charge on any atom is 0.330 e. The van der Waals surface area contributed by atoms with Crippen LogP contribution in [0.1, 0.15) is 13.2 Å². The van der Waals surface area contributed by atoms with Crippen molar-refractivity contribution in [3.8, 4) is 5.75 Å². The number of aliphatic hydroxyl groups excluding tert-OH is 1. The molecule has 1 fully saturated rings. The molecule has 2 heterocycles. The van der Waals surface area contributed by atoms with Crippen molar-refractivity contribution < 1.29 is 23.7 Å². The van der Waals surface area contributed by atoms with Gasteiger partial charge in [0.15, 0.2) is 18.7 Å². The van der Waals surface area contributed by atoms with Crippen LogP contribution in [0.2, 0.25) is 0 Å². The lowest BCUT2D eigenvalue weighted by atomic mass is 9.98. The number of aliphatic hydroxyl groups is 1. The molecule has 1 aromatic heterocycles. The van der Waals surface area contributed by atoms with Crippen LogP contribution in [0, 0.1) is 0 Å². The van der Waals surface area contributed by atoms with Gasteiger partial charge in [-0.3, -0.25) is 14.3 Å². The van der Waals surface area contributed by atoms with Crippen LogP contribution in [0.3, 0.4) is 0 Å². The second kappa shape index (κ2) is 7.40. The van der Waals surface area contributed by atoms with E-state index in [1.54, 1.807) is 24.3 Å². The first-order chi connectivity index (χ1) is 12.4. The quantitative estimate of drug-likeness (QED) is 0.573. The van der Waals surface area contributed by atoms with E-state index in [2.05, 4.69) is 0 Å². The Hall–Kier alpha value is -2.49. The lowest BCUT2D eigenvalue weighted by molar-refractivity contribution is -0.0898. The largest absolute Gasteiger partial charge is 0.468 e. The average molecular weight is 366 g/mol. The third-order valence-electron chi connectivity index (χ3n) is 4.16. The third kappa shape index (κ3) is 3.69. The molecule has 1 aromatic carbocycles. The number of benzene rings is 1. The minimum Gasteiger partial charge on any atom is -0.468 e. The van der Waals surface area contributed by atoms with Crippen molar-refractivity contribution in [1.82, 2.24) is 9.55 Å². The smallest absolute Gasteiger partial charge is 0.330 e. The number of nitrogens with one attached hydrogen (secondary N) is 1. The third-order valence-corrected chi connectivity index (χ3v) is 4.16. The number of hydrogen-bond donors (Lipinski definition) is 2. The van der Waals surface area contributed by atoms with E-state index in [0.29, 0.717) is 5.75 Å². The van der Waals surface area contributed by atoms with Gasteiger partial charge in [-0.25, -0.2) is 9.18 Å². The van der Waals surface area contributed by atoms with E-state index in [0.717, 1.165) is 23.8 Å². The molecule has 0 saturated carbocycles. The van der Waals surface area contributed by atoms with Crippen LogP contribution in [-0.2, 0) is 9.47 Å². The van der Waals surface area contributed by atoms with Gasteiger partial charge in [-0.2, -0.15) is 0 Å². The Bertz CT molecular complexity index is 850. The minimum atomic E-state index is -2.25. The summed E-state index contributed by atoms with van der Waals surface area (Å²) in [6.45, 7) is 0.880. The minimum absolute atomic E-state index is 0.108. The van der Waals surface area contributed by atoms with Gasteiger partial charge in [0.25, 0.3) is 5.56 Å². The van der Waals surface area contributed by atoms with Crippen LogP contribution in [0.15, 0.2) is 52.2 Å². The van der Waals surface area contributed by atoms with E-state index in [4.69, 9.17) is 14.2 Å². The number of nitrogens with zero attached hydrogens (tertiary/aromatic N) is 1. The monoisotopic (exact) mass is 366 g/mol. The highest BCUT2D eigenvalue weighted by Crippen LogP contribution is 2.40. The van der Waals surface area contributed by atoms with E-state index in [1.165, 1.54) is 0 Å². The number of aromatic amines is 1. The number of alkyl halides is 1. The van der Waals surface area contributed by atoms with Crippen molar-refractivity contribution in [2.24, 2.45) is 0 Å². The van der Waals surface area contributed by atoms with Crippen molar-refractivity contribution in [2.45, 2.75) is 31.0 Å². The first kappa shape index (κ1) is 18.3. The summed E-state index contributed by atoms with van der Waals surface area (Å²) in [5, 5.41) is 10.2. The average Bonchev–Trinajstić information content (AvgIpc) is 2.83. The summed E-state index contributed by atoms with van der Waals surface area (Å²) in [6.07, 6.45) is -2.81. The number of aromatic nitrogens is 2. The molecule has 0 bridgehead atoms. The highest BCUT2D eigenvalue weighted by Gasteiger charge is 2.55. The van der Waals surface area contributed by atoms with Crippen molar-refractivity contribution in [2.75, 3.05) is 13.4 Å². The van der Waals surface area contributed by atoms with Gasteiger partial charge in [0.1, 0.15) is 18.0 Å². The molecule has 0 radical (unpaired) electrons. The normalized spacial score (nSPS) is 28.2. The van der Waals surface area contributed by atoms with Gasteiger partial charge in [0.05, 0.1) is 6.61 Å². The molecule has 1 aliphatic heterocycles. The Morgan fingerprint density at radius 1 is 1.31 bits per heavy atom. The van der Waals surface area contributed by atoms with Gasteiger partial charge in [-0.1, -0.05) is 18.2 Å². The summed E-state index contributed by atoms with van der Waals surface area (Å²) in [7, 11) is 0. The Morgan fingerprint density at radius 3 is 2.73 bits per heavy atom. The maximum absolute atomic E-state index is 14.9. The topological polar surface area (TPSA) is 103 Å². The summed E-state index contributed by atoms with van der Waals surface area (Å²) in [5.41, 5.74) is -3.69. The number of ether oxygens (including phenoxy) is 3. The molecule has 2 aromatic rings. The molecule has 0 spiro atoms. The number of hydrogen-bond acceptors (Lipinski definition) is 6. The molecular formula is C17H19FN2O6. The van der Waals surface area contributed by atoms with Crippen molar-refractivity contribution >= 4 is 0 Å². The lowest BCUT2D eigenvalue weighted by Gasteiger charge is -2.24. The molecule has 3 rings (SSSR count). The van der Waals surface area contributed by atoms with Gasteiger partial charge in [-0.05, 0) is 19.1 Å². The Morgan fingerprint density at radius 2 is 2.04 bits per heavy atom. The molecule has 2 N–H and O–H groups in total. The highest BCUT2D eigenvalue weighted by molar-refractivity contribution is 5.20. The van der Waals surface area contributed by atoms with E-state index >= 15 is 0 Å². The zero-order valence-corrected chi connectivity index (χ0v) is 14.0. The van der Waals surface area contributed by atoms with Crippen LogP contribution in [0.25, 0.3) is 0 Å². The molecule has 0 unspecified atom stereocenters.